The summed E-state index contributed by atoms with van der Waals surface area (Å²) in [6.45, 7) is 0. The third-order valence-electron chi connectivity index (χ3n) is 10.9. The molecule has 11 aromatic rings. The molecule has 0 bridgehead atoms. The number of benzene rings is 9. The number of hydrogen-bond donors (Lipinski definition) is 0. The van der Waals surface area contributed by atoms with Gasteiger partial charge in [0, 0.05) is 21.9 Å². The summed E-state index contributed by atoms with van der Waals surface area (Å²) < 4.78 is 6.46. The fraction of sp³-hybridized carbons (Fsp3) is 0. The fourth-order valence-electron chi connectivity index (χ4n) is 8.00. The Kier molecular flexibility index (Phi) is 7.78. The van der Waals surface area contributed by atoms with Gasteiger partial charge in [-0.05, 0) is 79.2 Å². The summed E-state index contributed by atoms with van der Waals surface area (Å²) >= 11 is 0. The molecule has 0 aliphatic heterocycles. The Balaban J connectivity index is 1.00. The van der Waals surface area contributed by atoms with E-state index in [4.69, 9.17) is 19.4 Å². The lowest BCUT2D eigenvalue weighted by Gasteiger charge is -2.11. The van der Waals surface area contributed by atoms with Gasteiger partial charge in [0.25, 0.3) is 0 Å². The zero-order valence-corrected chi connectivity index (χ0v) is 30.8. The molecule has 0 saturated heterocycles. The molecule has 0 saturated carbocycles. The molecule has 0 spiro atoms. The quantitative estimate of drug-likeness (QED) is 0.171. The Hall–Kier alpha value is -7.69. The number of para-hydroxylation sites is 2. The first kappa shape index (κ1) is 32.7. The Bertz CT molecular complexity index is 3270. The second-order valence-corrected chi connectivity index (χ2v) is 14.4. The van der Waals surface area contributed by atoms with Crippen LogP contribution in [0.1, 0.15) is 0 Å². The standard InChI is InChI=1S/C53H33N3O/c1-2-10-34(11-3-1)41-30-22-36-23-31-42(33-43(36)32-41)35-20-26-39(27-21-35)51-54-52(40-28-24-38(25-29-40)45-16-8-13-37-12-4-5-14-44(37)45)56-53(55-51)48-18-9-17-47-46-15-6-7-19-49(46)57-50(47)48/h1-33H. The van der Waals surface area contributed by atoms with Gasteiger partial charge in [-0.3, -0.25) is 0 Å². The number of hydrogen-bond acceptors (Lipinski definition) is 4. The predicted octanol–water partition coefficient (Wildman–Crippen LogP) is 14.1. The summed E-state index contributed by atoms with van der Waals surface area (Å²) in [6, 6.07) is 70.1. The smallest absolute Gasteiger partial charge is 0.167 e. The predicted molar refractivity (Wildman–Crippen MR) is 235 cm³/mol. The van der Waals surface area contributed by atoms with Crippen molar-refractivity contribution >= 4 is 43.5 Å². The topological polar surface area (TPSA) is 51.8 Å². The molecule has 0 atom stereocenters. The van der Waals surface area contributed by atoms with Crippen molar-refractivity contribution in [3.8, 4) is 67.5 Å². The van der Waals surface area contributed by atoms with E-state index in [2.05, 4.69) is 170 Å². The summed E-state index contributed by atoms with van der Waals surface area (Å²) in [6.07, 6.45) is 0. The highest BCUT2D eigenvalue weighted by Gasteiger charge is 2.18. The van der Waals surface area contributed by atoms with Gasteiger partial charge >= 0.3 is 0 Å². The fourth-order valence-corrected chi connectivity index (χ4v) is 8.00. The second kappa shape index (κ2) is 13.6. The maximum absolute atomic E-state index is 6.46. The molecule has 4 nitrogen and oxygen atoms in total. The minimum atomic E-state index is 0.561. The Morgan fingerprint density at radius 1 is 0.281 bits per heavy atom. The van der Waals surface area contributed by atoms with Crippen molar-refractivity contribution in [1.82, 2.24) is 15.0 Å². The van der Waals surface area contributed by atoms with Crippen molar-refractivity contribution in [3.05, 3.63) is 200 Å². The van der Waals surface area contributed by atoms with E-state index in [-0.39, 0.29) is 0 Å². The lowest BCUT2D eigenvalue weighted by Crippen LogP contribution is -2.00. The van der Waals surface area contributed by atoms with E-state index in [0.29, 0.717) is 17.5 Å². The van der Waals surface area contributed by atoms with E-state index in [0.717, 1.165) is 55.3 Å². The molecule has 4 heteroatoms. The van der Waals surface area contributed by atoms with Crippen molar-refractivity contribution in [3.63, 3.8) is 0 Å². The summed E-state index contributed by atoms with van der Waals surface area (Å²) in [4.78, 5) is 15.3. The average molecular weight is 728 g/mol. The molecule has 0 N–H and O–H groups in total. The SMILES string of the molecule is c1ccc(-c2ccc3ccc(-c4ccc(-c5nc(-c6ccc(-c7cccc8ccccc78)cc6)nc(-c6cccc7c6oc6ccccc67)n5)cc4)cc3c2)cc1. The molecule has 57 heavy (non-hydrogen) atoms. The zero-order chi connectivity index (χ0) is 37.7. The first-order chi connectivity index (χ1) is 28.2. The Labute approximate surface area is 329 Å². The zero-order valence-electron chi connectivity index (χ0n) is 30.8. The van der Waals surface area contributed by atoms with Crippen LogP contribution in [-0.4, -0.2) is 15.0 Å². The summed E-state index contributed by atoms with van der Waals surface area (Å²) in [7, 11) is 0. The molecule has 0 amide bonds. The van der Waals surface area contributed by atoms with Crippen LogP contribution >= 0.6 is 0 Å². The first-order valence-corrected chi connectivity index (χ1v) is 19.2. The number of furan rings is 1. The van der Waals surface area contributed by atoms with E-state index in [1.54, 1.807) is 0 Å². The number of aromatic nitrogens is 3. The molecule has 0 aliphatic rings. The number of fused-ring (bicyclic) bond motifs is 5. The average Bonchev–Trinajstić information content (AvgIpc) is 3.68. The molecule has 0 fully saturated rings. The summed E-state index contributed by atoms with van der Waals surface area (Å²) in [5.41, 5.74) is 11.2. The molecular weight excluding hydrogens is 695 g/mol. The van der Waals surface area contributed by atoms with E-state index in [1.807, 2.05) is 30.3 Å². The van der Waals surface area contributed by atoms with Crippen molar-refractivity contribution in [2.45, 2.75) is 0 Å². The maximum atomic E-state index is 6.46. The summed E-state index contributed by atoms with van der Waals surface area (Å²) in [5.74, 6) is 1.75. The Morgan fingerprint density at radius 2 is 0.789 bits per heavy atom. The van der Waals surface area contributed by atoms with Gasteiger partial charge in [-0.15, -0.1) is 0 Å². The van der Waals surface area contributed by atoms with Crippen LogP contribution in [0.2, 0.25) is 0 Å². The van der Waals surface area contributed by atoms with Crippen molar-refractivity contribution < 1.29 is 4.42 Å². The Morgan fingerprint density at radius 3 is 1.53 bits per heavy atom. The second-order valence-electron chi connectivity index (χ2n) is 14.4. The van der Waals surface area contributed by atoms with Gasteiger partial charge in [-0.1, -0.05) is 176 Å². The van der Waals surface area contributed by atoms with Crippen LogP contribution in [0.4, 0.5) is 0 Å². The van der Waals surface area contributed by atoms with Crippen LogP contribution in [0.15, 0.2) is 205 Å². The molecule has 2 heterocycles. The first-order valence-electron chi connectivity index (χ1n) is 19.2. The third-order valence-corrected chi connectivity index (χ3v) is 10.9. The van der Waals surface area contributed by atoms with Crippen LogP contribution in [0, 0.1) is 0 Å². The van der Waals surface area contributed by atoms with E-state index in [9.17, 15) is 0 Å². The van der Waals surface area contributed by atoms with Gasteiger partial charge in [0.15, 0.2) is 17.5 Å². The molecule has 0 unspecified atom stereocenters. The van der Waals surface area contributed by atoms with Crippen molar-refractivity contribution in [1.29, 1.82) is 0 Å². The highest BCUT2D eigenvalue weighted by Crippen LogP contribution is 2.37. The number of nitrogens with zero attached hydrogens (tertiary/aromatic N) is 3. The van der Waals surface area contributed by atoms with E-state index >= 15 is 0 Å². The molecule has 0 radical (unpaired) electrons. The molecular formula is C53H33N3O. The minimum absolute atomic E-state index is 0.561. The van der Waals surface area contributed by atoms with Crippen LogP contribution in [0.3, 0.4) is 0 Å². The molecule has 266 valence electrons. The molecule has 0 aliphatic carbocycles. The molecule has 2 aromatic heterocycles. The van der Waals surface area contributed by atoms with Gasteiger partial charge < -0.3 is 4.42 Å². The lowest BCUT2D eigenvalue weighted by molar-refractivity contribution is 0.669. The van der Waals surface area contributed by atoms with E-state index in [1.165, 1.54) is 38.2 Å². The van der Waals surface area contributed by atoms with Gasteiger partial charge in [-0.2, -0.15) is 0 Å². The van der Waals surface area contributed by atoms with Crippen molar-refractivity contribution in [2.24, 2.45) is 0 Å². The minimum Gasteiger partial charge on any atom is -0.455 e. The van der Waals surface area contributed by atoms with Gasteiger partial charge in [0.1, 0.15) is 11.2 Å². The van der Waals surface area contributed by atoms with Crippen LogP contribution < -0.4 is 0 Å². The largest absolute Gasteiger partial charge is 0.455 e. The van der Waals surface area contributed by atoms with E-state index < -0.39 is 0 Å². The van der Waals surface area contributed by atoms with Gasteiger partial charge in [-0.25, -0.2) is 15.0 Å². The third kappa shape index (κ3) is 5.92. The number of rotatable bonds is 6. The summed E-state index contributed by atoms with van der Waals surface area (Å²) in [5, 5.41) is 6.95. The highest BCUT2D eigenvalue weighted by molar-refractivity contribution is 6.09. The van der Waals surface area contributed by atoms with Gasteiger partial charge in [0.05, 0.1) is 5.56 Å². The van der Waals surface area contributed by atoms with Gasteiger partial charge in [0.2, 0.25) is 0 Å². The van der Waals surface area contributed by atoms with Crippen LogP contribution in [0.5, 0.6) is 0 Å². The lowest BCUT2D eigenvalue weighted by atomic mass is 9.97. The van der Waals surface area contributed by atoms with Crippen LogP contribution in [-0.2, 0) is 0 Å². The molecule has 11 rings (SSSR count). The van der Waals surface area contributed by atoms with Crippen LogP contribution in [0.25, 0.3) is 111 Å². The highest BCUT2D eigenvalue weighted by atomic mass is 16.3. The van der Waals surface area contributed by atoms with Crippen molar-refractivity contribution in [2.75, 3.05) is 0 Å². The normalized spacial score (nSPS) is 11.5. The maximum Gasteiger partial charge on any atom is 0.167 e. The molecule has 9 aromatic carbocycles. The monoisotopic (exact) mass is 727 g/mol.